The van der Waals surface area contributed by atoms with Crippen LogP contribution in [0.4, 0.5) is 13.2 Å². The highest BCUT2D eigenvalue weighted by molar-refractivity contribution is 8.00. The zero-order chi connectivity index (χ0) is 20.0. The number of carbonyl (C=O) groups is 1. The second kappa shape index (κ2) is 8.82. The van der Waals surface area contributed by atoms with Crippen molar-refractivity contribution in [2.45, 2.75) is 24.0 Å². The van der Waals surface area contributed by atoms with E-state index in [2.05, 4.69) is 5.32 Å². The lowest BCUT2D eigenvalue weighted by molar-refractivity contribution is -0.137. The predicted octanol–water partition coefficient (Wildman–Crippen LogP) is 4.56. The number of methoxy groups -OCH3 is 1. The molecule has 0 unspecified atom stereocenters. The maximum Gasteiger partial charge on any atom is 0.417 e. The number of ether oxygens (including phenoxy) is 1. The molecule has 0 aromatic heterocycles. The maximum atomic E-state index is 13.0. The van der Waals surface area contributed by atoms with Crippen molar-refractivity contribution in [1.29, 1.82) is 5.26 Å². The molecule has 0 saturated carbocycles. The smallest absolute Gasteiger partial charge is 0.417 e. The third-order valence-electron chi connectivity index (χ3n) is 3.77. The van der Waals surface area contributed by atoms with Crippen LogP contribution in [0.2, 0.25) is 0 Å². The van der Waals surface area contributed by atoms with Crippen molar-refractivity contribution in [1.82, 2.24) is 5.32 Å². The fourth-order valence-corrected chi connectivity index (χ4v) is 3.23. The molecule has 0 radical (unpaired) electrons. The van der Waals surface area contributed by atoms with Crippen LogP contribution in [0.3, 0.4) is 0 Å². The number of carbonyl (C=O) groups excluding carboxylic acids is 1. The summed E-state index contributed by atoms with van der Waals surface area (Å²) in [5.41, 5.74) is -0.644. The van der Waals surface area contributed by atoms with Crippen molar-refractivity contribution >= 4 is 17.7 Å². The van der Waals surface area contributed by atoms with E-state index in [1.54, 1.807) is 13.0 Å². The second-order valence-electron chi connectivity index (χ2n) is 5.64. The number of benzene rings is 2. The summed E-state index contributed by atoms with van der Waals surface area (Å²) in [4.78, 5) is 12.4. The quantitative estimate of drug-likeness (QED) is 0.730. The Hall–Kier alpha value is -2.66. The minimum absolute atomic E-state index is 0.0529. The highest BCUT2D eigenvalue weighted by Crippen LogP contribution is 2.34. The Bertz CT molecular complexity index is 863. The first-order valence-corrected chi connectivity index (χ1v) is 8.91. The molecule has 0 bridgehead atoms. The largest absolute Gasteiger partial charge is 0.496 e. The number of rotatable bonds is 6. The van der Waals surface area contributed by atoms with Crippen LogP contribution < -0.4 is 10.1 Å². The van der Waals surface area contributed by atoms with Crippen LogP contribution in [0.15, 0.2) is 47.4 Å². The average molecular weight is 394 g/mol. The minimum Gasteiger partial charge on any atom is -0.496 e. The van der Waals surface area contributed by atoms with Crippen molar-refractivity contribution in [3.63, 3.8) is 0 Å². The number of amides is 1. The molecule has 0 aliphatic heterocycles. The van der Waals surface area contributed by atoms with Gasteiger partial charge in [-0.2, -0.15) is 18.4 Å². The van der Waals surface area contributed by atoms with Gasteiger partial charge in [-0.05, 0) is 31.2 Å². The van der Waals surface area contributed by atoms with Crippen LogP contribution in [0.25, 0.3) is 0 Å². The fourth-order valence-electron chi connectivity index (χ4n) is 2.48. The van der Waals surface area contributed by atoms with E-state index in [0.29, 0.717) is 5.75 Å². The van der Waals surface area contributed by atoms with E-state index in [9.17, 15) is 18.0 Å². The molecule has 2 rings (SSSR count). The number of hydrogen-bond donors (Lipinski definition) is 1. The van der Waals surface area contributed by atoms with Crippen molar-refractivity contribution in [2.24, 2.45) is 0 Å². The minimum atomic E-state index is -4.62. The number of para-hydroxylation sites is 1. The Morgan fingerprint density at radius 3 is 2.63 bits per heavy atom. The van der Waals surface area contributed by atoms with Crippen LogP contribution in [0.5, 0.6) is 5.75 Å². The molecule has 142 valence electrons. The number of nitriles is 1. The molecular weight excluding hydrogens is 377 g/mol. The second-order valence-corrected chi connectivity index (χ2v) is 6.69. The molecule has 0 aliphatic carbocycles. The molecule has 0 aliphatic rings. The lowest BCUT2D eigenvalue weighted by Gasteiger charge is -2.17. The molecule has 0 spiro atoms. The molecule has 1 amide bonds. The lowest BCUT2D eigenvalue weighted by Crippen LogP contribution is -2.28. The van der Waals surface area contributed by atoms with Gasteiger partial charge in [0, 0.05) is 10.5 Å². The van der Waals surface area contributed by atoms with Crippen LogP contribution in [-0.4, -0.2) is 18.8 Å². The summed E-state index contributed by atoms with van der Waals surface area (Å²) in [6.45, 7) is 1.80. The summed E-state index contributed by atoms with van der Waals surface area (Å²) in [6, 6.07) is 11.9. The molecule has 27 heavy (non-hydrogen) atoms. The summed E-state index contributed by atoms with van der Waals surface area (Å²) in [5.74, 6) is 0.263. The molecule has 0 heterocycles. The molecule has 0 fully saturated rings. The van der Waals surface area contributed by atoms with Crippen molar-refractivity contribution in [3.8, 4) is 11.8 Å². The summed E-state index contributed by atoms with van der Waals surface area (Å²) in [5, 5.41) is 11.6. The van der Waals surface area contributed by atoms with Crippen molar-refractivity contribution in [2.75, 3.05) is 12.9 Å². The lowest BCUT2D eigenvalue weighted by atomic mass is 10.1. The monoisotopic (exact) mass is 394 g/mol. The van der Waals surface area contributed by atoms with E-state index in [1.807, 2.05) is 18.2 Å². The molecule has 4 nitrogen and oxygen atoms in total. The Balaban J connectivity index is 2.03. The Labute approximate surface area is 159 Å². The SMILES string of the molecule is COc1ccccc1[C@H](C)NC(=O)CSc1ccc(C#N)c(C(F)(F)F)c1. The van der Waals surface area contributed by atoms with E-state index in [4.69, 9.17) is 10.00 Å². The van der Waals surface area contributed by atoms with Crippen LogP contribution in [0, 0.1) is 11.3 Å². The third-order valence-corrected chi connectivity index (χ3v) is 4.76. The van der Waals surface area contributed by atoms with E-state index in [-0.39, 0.29) is 22.6 Å². The third kappa shape index (κ3) is 5.41. The van der Waals surface area contributed by atoms with Crippen molar-refractivity contribution < 1.29 is 22.7 Å². The topological polar surface area (TPSA) is 62.1 Å². The van der Waals surface area contributed by atoms with Crippen LogP contribution in [-0.2, 0) is 11.0 Å². The van der Waals surface area contributed by atoms with Gasteiger partial charge in [0.2, 0.25) is 5.91 Å². The van der Waals surface area contributed by atoms with Gasteiger partial charge < -0.3 is 10.1 Å². The summed E-state index contributed by atoms with van der Waals surface area (Å²) >= 11 is 0.972. The van der Waals surface area contributed by atoms with Crippen LogP contribution >= 0.6 is 11.8 Å². The highest BCUT2D eigenvalue weighted by atomic mass is 32.2. The number of nitrogens with zero attached hydrogens (tertiary/aromatic N) is 1. The zero-order valence-electron chi connectivity index (χ0n) is 14.6. The van der Waals surface area contributed by atoms with Crippen molar-refractivity contribution in [3.05, 3.63) is 59.2 Å². The highest BCUT2D eigenvalue weighted by Gasteiger charge is 2.33. The van der Waals surface area contributed by atoms with Gasteiger partial charge in [-0.25, -0.2) is 0 Å². The van der Waals surface area contributed by atoms with E-state index < -0.39 is 17.3 Å². The van der Waals surface area contributed by atoms with E-state index >= 15 is 0 Å². The van der Waals surface area contributed by atoms with Gasteiger partial charge in [-0.15, -0.1) is 11.8 Å². The van der Waals surface area contributed by atoms with Gasteiger partial charge in [0.1, 0.15) is 5.75 Å². The number of nitrogens with one attached hydrogen (secondary N) is 1. The standard InChI is InChI=1S/C19H17F3N2O2S/c1-12(15-5-3-4-6-17(15)26-2)24-18(25)11-27-14-8-7-13(10-23)16(9-14)19(20,21)22/h3-9,12H,11H2,1-2H3,(H,24,25)/t12-/m0/s1. The van der Waals surface area contributed by atoms with E-state index in [1.165, 1.54) is 19.2 Å². The predicted molar refractivity (Wildman–Crippen MR) is 96.4 cm³/mol. The first-order valence-electron chi connectivity index (χ1n) is 7.92. The molecule has 2 aromatic carbocycles. The average Bonchev–Trinajstić information content (AvgIpc) is 2.65. The Kier molecular flexibility index (Phi) is 6.75. The maximum absolute atomic E-state index is 13.0. The molecule has 2 aromatic rings. The zero-order valence-corrected chi connectivity index (χ0v) is 15.4. The molecule has 1 atom stereocenters. The van der Waals surface area contributed by atoms with Crippen LogP contribution in [0.1, 0.15) is 29.7 Å². The normalized spacial score (nSPS) is 12.1. The molecular formula is C19H17F3N2O2S. The number of thioether (sulfide) groups is 1. The van der Waals surface area contributed by atoms with Gasteiger partial charge in [0.15, 0.2) is 0 Å². The van der Waals surface area contributed by atoms with Gasteiger partial charge in [-0.1, -0.05) is 18.2 Å². The Morgan fingerprint density at radius 1 is 1.30 bits per heavy atom. The molecule has 0 saturated heterocycles. The van der Waals surface area contributed by atoms with Gasteiger partial charge >= 0.3 is 6.18 Å². The van der Waals surface area contributed by atoms with Gasteiger partial charge in [0.25, 0.3) is 0 Å². The number of hydrogen-bond acceptors (Lipinski definition) is 4. The van der Waals surface area contributed by atoms with Gasteiger partial charge in [-0.3, -0.25) is 4.79 Å². The summed E-state index contributed by atoms with van der Waals surface area (Å²) < 4.78 is 44.2. The fraction of sp³-hybridized carbons (Fsp3) is 0.263. The summed E-state index contributed by atoms with van der Waals surface area (Å²) in [6.07, 6.45) is -4.62. The number of halogens is 3. The summed E-state index contributed by atoms with van der Waals surface area (Å²) in [7, 11) is 1.53. The number of alkyl halides is 3. The first-order chi connectivity index (χ1) is 12.8. The van der Waals surface area contributed by atoms with E-state index in [0.717, 1.165) is 29.5 Å². The molecule has 1 N–H and O–H groups in total. The van der Waals surface area contributed by atoms with Gasteiger partial charge in [0.05, 0.1) is 36.1 Å². The Morgan fingerprint density at radius 2 is 2.00 bits per heavy atom. The first kappa shape index (κ1) is 20.6. The molecule has 8 heteroatoms.